The first-order valence-electron chi connectivity index (χ1n) is 5.17. The van der Waals surface area contributed by atoms with Crippen LogP contribution < -0.4 is 4.74 Å². The van der Waals surface area contributed by atoms with Crippen LogP contribution in [0, 0.1) is 12.7 Å². The molecule has 0 atom stereocenters. The first kappa shape index (κ1) is 13.2. The molecule has 0 N–H and O–H groups in total. The van der Waals surface area contributed by atoms with Crippen molar-refractivity contribution < 1.29 is 13.9 Å². The van der Waals surface area contributed by atoms with E-state index in [1.807, 2.05) is 6.92 Å². The van der Waals surface area contributed by atoms with Crippen molar-refractivity contribution in [3.8, 4) is 5.75 Å². The number of ketones is 1. The van der Waals surface area contributed by atoms with Crippen LogP contribution in [0.4, 0.5) is 4.39 Å². The van der Waals surface area contributed by atoms with Gasteiger partial charge in [0.15, 0.2) is 11.6 Å². The fraction of sp³-hybridized carbons (Fsp3) is 0.154. The minimum absolute atomic E-state index is 0.0306. The third-order valence-electron chi connectivity index (χ3n) is 2.51. The van der Waals surface area contributed by atoms with Gasteiger partial charge < -0.3 is 4.74 Å². The van der Waals surface area contributed by atoms with Crippen molar-refractivity contribution >= 4 is 33.0 Å². The topological polar surface area (TPSA) is 26.3 Å². The van der Waals surface area contributed by atoms with Crippen LogP contribution in [-0.4, -0.2) is 12.9 Å². The lowest BCUT2D eigenvalue weighted by Crippen LogP contribution is -2.03. The maximum Gasteiger partial charge on any atom is 0.206 e. The van der Waals surface area contributed by atoms with Gasteiger partial charge in [-0.1, -0.05) is 6.07 Å². The Morgan fingerprint density at radius 2 is 2.17 bits per heavy atom. The summed E-state index contributed by atoms with van der Waals surface area (Å²) in [6, 6.07) is 6.30. The highest BCUT2D eigenvalue weighted by molar-refractivity contribution is 9.11. The second-order valence-electron chi connectivity index (χ2n) is 3.72. The number of benzene rings is 1. The first-order chi connectivity index (χ1) is 8.54. The molecular formula is C13H10BrFO2S. The van der Waals surface area contributed by atoms with Crippen molar-refractivity contribution in [3.05, 3.63) is 49.9 Å². The Hall–Kier alpha value is -1.20. The molecule has 0 aliphatic rings. The number of carbonyl (C=O) groups excluding carboxylic acids is 1. The lowest BCUT2D eigenvalue weighted by molar-refractivity contribution is 0.103. The van der Waals surface area contributed by atoms with Crippen LogP contribution in [0.3, 0.4) is 0 Å². The van der Waals surface area contributed by atoms with Crippen LogP contribution in [0.25, 0.3) is 0 Å². The van der Waals surface area contributed by atoms with E-state index >= 15 is 0 Å². The molecule has 0 saturated heterocycles. The highest BCUT2D eigenvalue weighted by atomic mass is 79.9. The molecule has 0 saturated carbocycles. The van der Waals surface area contributed by atoms with Gasteiger partial charge in [0, 0.05) is 0 Å². The van der Waals surface area contributed by atoms with Crippen molar-refractivity contribution in [3.63, 3.8) is 0 Å². The van der Waals surface area contributed by atoms with Crippen LogP contribution in [0.5, 0.6) is 5.75 Å². The van der Waals surface area contributed by atoms with E-state index in [1.165, 1.54) is 30.6 Å². The van der Waals surface area contributed by atoms with Crippen LogP contribution >= 0.6 is 27.3 Å². The zero-order chi connectivity index (χ0) is 13.3. The molecule has 2 nitrogen and oxygen atoms in total. The molecule has 0 radical (unpaired) electrons. The van der Waals surface area contributed by atoms with E-state index in [-0.39, 0.29) is 17.1 Å². The zero-order valence-electron chi connectivity index (χ0n) is 9.79. The van der Waals surface area contributed by atoms with Gasteiger partial charge in [0.2, 0.25) is 5.78 Å². The quantitative estimate of drug-likeness (QED) is 0.789. The third kappa shape index (κ3) is 2.33. The summed E-state index contributed by atoms with van der Waals surface area (Å²) in [5, 5.41) is 0. The summed E-state index contributed by atoms with van der Waals surface area (Å²) >= 11 is 4.65. The first-order valence-corrected chi connectivity index (χ1v) is 6.78. The predicted molar refractivity (Wildman–Crippen MR) is 73.1 cm³/mol. The Labute approximate surface area is 117 Å². The van der Waals surface area contributed by atoms with Gasteiger partial charge in [-0.2, -0.15) is 0 Å². The Balaban J connectivity index is 2.46. The molecule has 94 valence electrons. The number of carbonyl (C=O) groups is 1. The SMILES string of the molecule is COc1cccc(C(=O)c2cc(C)c(Br)s2)c1F. The number of halogens is 2. The highest BCUT2D eigenvalue weighted by Gasteiger charge is 2.19. The Morgan fingerprint density at radius 1 is 1.44 bits per heavy atom. The number of hydrogen-bond donors (Lipinski definition) is 0. The van der Waals surface area contributed by atoms with E-state index < -0.39 is 5.82 Å². The average molecular weight is 329 g/mol. The van der Waals surface area contributed by atoms with E-state index in [2.05, 4.69) is 15.9 Å². The number of thiophene rings is 1. The highest BCUT2D eigenvalue weighted by Crippen LogP contribution is 2.30. The molecule has 1 aromatic heterocycles. The number of hydrogen-bond acceptors (Lipinski definition) is 3. The summed E-state index contributed by atoms with van der Waals surface area (Å²) in [5.41, 5.74) is 0.995. The number of methoxy groups -OCH3 is 1. The van der Waals surface area contributed by atoms with Crippen LogP contribution in [0.15, 0.2) is 28.1 Å². The number of rotatable bonds is 3. The third-order valence-corrected chi connectivity index (χ3v) is 4.64. The van der Waals surface area contributed by atoms with Crippen LogP contribution in [0.1, 0.15) is 20.8 Å². The molecule has 0 bridgehead atoms. The molecule has 18 heavy (non-hydrogen) atoms. The lowest BCUT2D eigenvalue weighted by atomic mass is 10.1. The molecule has 1 aromatic carbocycles. The predicted octanol–water partition coefficient (Wildman–Crippen LogP) is 4.20. The zero-order valence-corrected chi connectivity index (χ0v) is 12.2. The average Bonchev–Trinajstić information content (AvgIpc) is 2.69. The minimum atomic E-state index is -0.618. The molecule has 0 unspecified atom stereocenters. The van der Waals surface area contributed by atoms with Gasteiger partial charge in [-0.05, 0) is 46.6 Å². The van der Waals surface area contributed by atoms with Gasteiger partial charge in [0.1, 0.15) is 0 Å². The van der Waals surface area contributed by atoms with Gasteiger partial charge in [0.25, 0.3) is 0 Å². The maximum atomic E-state index is 14.0. The van der Waals surface area contributed by atoms with Crippen LogP contribution in [-0.2, 0) is 0 Å². The van der Waals surface area contributed by atoms with Crippen molar-refractivity contribution in [1.82, 2.24) is 0 Å². The molecule has 0 spiro atoms. The summed E-state index contributed by atoms with van der Waals surface area (Å²) in [6.07, 6.45) is 0. The normalized spacial score (nSPS) is 10.4. The van der Waals surface area contributed by atoms with Gasteiger partial charge in [-0.25, -0.2) is 4.39 Å². The van der Waals surface area contributed by atoms with Crippen molar-refractivity contribution in [1.29, 1.82) is 0 Å². The van der Waals surface area contributed by atoms with E-state index in [9.17, 15) is 9.18 Å². The monoisotopic (exact) mass is 328 g/mol. The summed E-state index contributed by atoms with van der Waals surface area (Å²) in [4.78, 5) is 12.7. The smallest absolute Gasteiger partial charge is 0.206 e. The lowest BCUT2D eigenvalue weighted by Gasteiger charge is -2.05. The fourth-order valence-electron chi connectivity index (χ4n) is 1.55. The van der Waals surface area contributed by atoms with Crippen molar-refractivity contribution in [2.75, 3.05) is 7.11 Å². The van der Waals surface area contributed by atoms with Gasteiger partial charge in [-0.3, -0.25) is 4.79 Å². The number of ether oxygens (including phenoxy) is 1. The molecule has 0 aliphatic heterocycles. The summed E-state index contributed by atoms with van der Waals surface area (Å²) in [6.45, 7) is 1.89. The van der Waals surface area contributed by atoms with Gasteiger partial charge >= 0.3 is 0 Å². The molecule has 2 aromatic rings. The van der Waals surface area contributed by atoms with Crippen molar-refractivity contribution in [2.24, 2.45) is 0 Å². The summed E-state index contributed by atoms with van der Waals surface area (Å²) in [5.74, 6) is -0.870. The van der Waals surface area contributed by atoms with Gasteiger partial charge in [-0.15, -0.1) is 11.3 Å². The molecule has 0 amide bonds. The number of aryl methyl sites for hydroxylation is 1. The van der Waals surface area contributed by atoms with Crippen molar-refractivity contribution in [2.45, 2.75) is 6.92 Å². The molecule has 1 heterocycles. The second-order valence-corrected chi connectivity index (χ2v) is 6.09. The van der Waals surface area contributed by atoms with E-state index in [0.717, 1.165) is 9.35 Å². The molecule has 2 rings (SSSR count). The Bertz CT molecular complexity index is 588. The Morgan fingerprint density at radius 3 is 2.72 bits per heavy atom. The maximum absolute atomic E-state index is 14.0. The van der Waals surface area contributed by atoms with E-state index in [0.29, 0.717) is 4.88 Å². The molecular weight excluding hydrogens is 319 g/mol. The minimum Gasteiger partial charge on any atom is -0.494 e. The second kappa shape index (κ2) is 5.20. The largest absolute Gasteiger partial charge is 0.494 e. The summed E-state index contributed by atoms with van der Waals surface area (Å²) < 4.78 is 19.7. The molecule has 0 aliphatic carbocycles. The Kier molecular flexibility index (Phi) is 3.82. The van der Waals surface area contributed by atoms with Crippen LogP contribution in [0.2, 0.25) is 0 Å². The molecule has 0 fully saturated rings. The summed E-state index contributed by atoms with van der Waals surface area (Å²) in [7, 11) is 1.37. The standard InChI is InChI=1S/C13H10BrFO2S/c1-7-6-10(18-13(7)14)12(16)8-4-3-5-9(17-2)11(8)15/h3-6H,1-2H3. The van der Waals surface area contributed by atoms with Gasteiger partial charge in [0.05, 0.1) is 21.3 Å². The van der Waals surface area contributed by atoms with E-state index in [4.69, 9.17) is 4.74 Å². The van der Waals surface area contributed by atoms with E-state index in [1.54, 1.807) is 12.1 Å². The molecule has 5 heteroatoms. The fourth-order valence-corrected chi connectivity index (χ4v) is 3.04.